The minimum absolute atomic E-state index is 0. The molecule has 0 unspecified atom stereocenters. The zero-order valence-corrected chi connectivity index (χ0v) is 20.2. The number of benzene rings is 2. The number of hydrogen-bond donors (Lipinski definition) is 5. The molecule has 164 valence electrons. The molecular formula is C22H34Br2N2O3. The topological polar surface area (TPSA) is 84.8 Å². The summed E-state index contributed by atoms with van der Waals surface area (Å²) in [6, 6.07) is 12.4. The normalized spacial score (nSPS) is 10.2. The number of halogens is 2. The maximum absolute atomic E-state index is 9.46. The first-order valence-electron chi connectivity index (χ1n) is 9.85. The molecule has 0 spiro atoms. The molecule has 29 heavy (non-hydrogen) atoms. The van der Waals surface area contributed by atoms with E-state index in [0.717, 1.165) is 44.6 Å². The summed E-state index contributed by atoms with van der Waals surface area (Å²) in [5, 5.41) is 34.9. The zero-order chi connectivity index (χ0) is 19.3. The smallest absolute Gasteiger partial charge is 0.157 e. The van der Waals surface area contributed by atoms with Crippen LogP contribution in [0.4, 0.5) is 0 Å². The minimum Gasteiger partial charge on any atom is -0.508 e. The van der Waals surface area contributed by atoms with Gasteiger partial charge in [-0.25, -0.2) is 0 Å². The number of phenolic OH excluding ortho intramolecular Hbond substituents is 3. The van der Waals surface area contributed by atoms with E-state index in [0.29, 0.717) is 5.75 Å². The van der Waals surface area contributed by atoms with Gasteiger partial charge in [0.25, 0.3) is 0 Å². The Labute approximate surface area is 195 Å². The van der Waals surface area contributed by atoms with Crippen molar-refractivity contribution >= 4 is 34.0 Å². The largest absolute Gasteiger partial charge is 0.508 e. The summed E-state index contributed by atoms with van der Waals surface area (Å²) < 4.78 is 0. The van der Waals surface area contributed by atoms with Crippen LogP contribution < -0.4 is 10.6 Å². The first-order valence-corrected chi connectivity index (χ1v) is 9.85. The SMILES string of the molecule is Br.Br.Oc1ccc(CCNCCCCCCNCCc2ccc(O)c(O)c2)cc1. The van der Waals surface area contributed by atoms with Crippen LogP contribution in [0.5, 0.6) is 17.2 Å². The first kappa shape index (κ1) is 27.7. The molecule has 0 heterocycles. The third-order valence-corrected chi connectivity index (χ3v) is 4.61. The number of aromatic hydroxyl groups is 3. The van der Waals surface area contributed by atoms with E-state index >= 15 is 0 Å². The lowest BCUT2D eigenvalue weighted by Gasteiger charge is -2.07. The van der Waals surface area contributed by atoms with Gasteiger partial charge in [0.1, 0.15) is 5.75 Å². The van der Waals surface area contributed by atoms with E-state index in [4.69, 9.17) is 0 Å². The Bertz CT molecular complexity index is 670. The van der Waals surface area contributed by atoms with Crippen LogP contribution in [-0.4, -0.2) is 41.5 Å². The molecular weight excluding hydrogens is 500 g/mol. The molecule has 0 aromatic heterocycles. The molecule has 7 heteroatoms. The molecule has 0 bridgehead atoms. The molecule has 0 aliphatic carbocycles. The number of hydrogen-bond acceptors (Lipinski definition) is 5. The third kappa shape index (κ3) is 12.1. The van der Waals surface area contributed by atoms with E-state index in [1.807, 2.05) is 18.2 Å². The third-order valence-electron chi connectivity index (χ3n) is 4.61. The first-order chi connectivity index (χ1) is 13.1. The highest BCUT2D eigenvalue weighted by molar-refractivity contribution is 8.93. The van der Waals surface area contributed by atoms with Gasteiger partial charge < -0.3 is 26.0 Å². The van der Waals surface area contributed by atoms with Crippen LogP contribution in [0, 0.1) is 0 Å². The average molecular weight is 534 g/mol. The van der Waals surface area contributed by atoms with Gasteiger partial charge in [0, 0.05) is 0 Å². The lowest BCUT2D eigenvalue weighted by Crippen LogP contribution is -2.19. The highest BCUT2D eigenvalue weighted by Gasteiger charge is 2.00. The van der Waals surface area contributed by atoms with Gasteiger partial charge in [-0.1, -0.05) is 31.0 Å². The van der Waals surface area contributed by atoms with E-state index in [2.05, 4.69) is 10.6 Å². The Morgan fingerprint density at radius 3 is 1.62 bits per heavy atom. The van der Waals surface area contributed by atoms with Crippen LogP contribution in [0.25, 0.3) is 0 Å². The van der Waals surface area contributed by atoms with Crippen LogP contribution in [0.2, 0.25) is 0 Å². The van der Waals surface area contributed by atoms with Crippen LogP contribution in [0.1, 0.15) is 36.8 Å². The second-order valence-electron chi connectivity index (χ2n) is 6.90. The predicted octanol–water partition coefficient (Wildman–Crippen LogP) is 4.48. The molecule has 0 saturated heterocycles. The van der Waals surface area contributed by atoms with Gasteiger partial charge in [0.05, 0.1) is 0 Å². The Hall–Kier alpha value is -1.28. The van der Waals surface area contributed by atoms with E-state index < -0.39 is 0 Å². The van der Waals surface area contributed by atoms with Gasteiger partial charge in [0.2, 0.25) is 0 Å². The summed E-state index contributed by atoms with van der Waals surface area (Å²) in [5.41, 5.74) is 2.27. The quantitative estimate of drug-likeness (QED) is 0.193. The monoisotopic (exact) mass is 532 g/mol. The number of nitrogens with one attached hydrogen (secondary N) is 2. The zero-order valence-electron chi connectivity index (χ0n) is 16.8. The molecule has 2 rings (SSSR count). The fraction of sp³-hybridized carbons (Fsp3) is 0.455. The summed E-state index contributed by atoms with van der Waals surface area (Å²) in [6.45, 7) is 3.91. The van der Waals surface area contributed by atoms with Crippen molar-refractivity contribution < 1.29 is 15.3 Å². The molecule has 0 fully saturated rings. The molecule has 2 aromatic carbocycles. The summed E-state index contributed by atoms with van der Waals surface area (Å²) >= 11 is 0. The Balaban J connectivity index is 0.00000392. The van der Waals surface area contributed by atoms with Crippen LogP contribution >= 0.6 is 34.0 Å². The van der Waals surface area contributed by atoms with Crippen molar-refractivity contribution in [2.75, 3.05) is 26.2 Å². The number of unbranched alkanes of at least 4 members (excludes halogenated alkanes) is 3. The van der Waals surface area contributed by atoms with E-state index in [9.17, 15) is 15.3 Å². The van der Waals surface area contributed by atoms with Crippen molar-refractivity contribution in [3.63, 3.8) is 0 Å². The van der Waals surface area contributed by atoms with E-state index in [-0.39, 0.29) is 45.5 Å². The van der Waals surface area contributed by atoms with Gasteiger partial charge in [-0.3, -0.25) is 0 Å². The summed E-state index contributed by atoms with van der Waals surface area (Å²) in [6.07, 6.45) is 6.67. The van der Waals surface area contributed by atoms with E-state index in [1.54, 1.807) is 18.2 Å². The summed E-state index contributed by atoms with van der Waals surface area (Å²) in [5.74, 6) is 0.201. The highest BCUT2D eigenvalue weighted by atomic mass is 79.9. The van der Waals surface area contributed by atoms with Gasteiger partial charge >= 0.3 is 0 Å². The number of phenols is 3. The van der Waals surface area contributed by atoms with Gasteiger partial charge in [-0.05, 0) is 87.3 Å². The highest BCUT2D eigenvalue weighted by Crippen LogP contribution is 2.24. The van der Waals surface area contributed by atoms with Crippen molar-refractivity contribution in [1.29, 1.82) is 0 Å². The Morgan fingerprint density at radius 2 is 1.07 bits per heavy atom. The lowest BCUT2D eigenvalue weighted by atomic mass is 10.1. The second-order valence-corrected chi connectivity index (χ2v) is 6.90. The molecule has 0 atom stereocenters. The average Bonchev–Trinajstić information content (AvgIpc) is 2.67. The van der Waals surface area contributed by atoms with Crippen LogP contribution in [0.15, 0.2) is 42.5 Å². The number of rotatable bonds is 13. The molecule has 5 N–H and O–H groups in total. The maximum Gasteiger partial charge on any atom is 0.157 e. The predicted molar refractivity (Wildman–Crippen MR) is 130 cm³/mol. The Morgan fingerprint density at radius 1 is 0.552 bits per heavy atom. The van der Waals surface area contributed by atoms with Gasteiger partial charge in [0.15, 0.2) is 11.5 Å². The van der Waals surface area contributed by atoms with Crippen molar-refractivity contribution in [2.24, 2.45) is 0 Å². The fourth-order valence-electron chi connectivity index (χ4n) is 2.96. The molecule has 5 nitrogen and oxygen atoms in total. The van der Waals surface area contributed by atoms with Crippen molar-refractivity contribution in [3.05, 3.63) is 53.6 Å². The standard InChI is InChI=1S/C22H32N2O3.2BrH/c25-20-8-5-18(6-9-20)11-15-23-13-3-1-2-4-14-24-16-12-19-7-10-21(26)22(27)17-19;;/h5-10,17,23-27H,1-4,11-16H2;2*1H. The van der Waals surface area contributed by atoms with Crippen molar-refractivity contribution in [1.82, 2.24) is 10.6 Å². The lowest BCUT2D eigenvalue weighted by molar-refractivity contribution is 0.403. The van der Waals surface area contributed by atoms with Crippen LogP contribution in [0.3, 0.4) is 0 Å². The minimum atomic E-state index is -0.0680. The molecule has 0 aliphatic heterocycles. The maximum atomic E-state index is 9.46. The van der Waals surface area contributed by atoms with E-state index in [1.165, 1.54) is 37.3 Å². The van der Waals surface area contributed by atoms with Gasteiger partial charge in [-0.15, -0.1) is 34.0 Å². The van der Waals surface area contributed by atoms with Gasteiger partial charge in [-0.2, -0.15) is 0 Å². The molecule has 0 aliphatic rings. The van der Waals surface area contributed by atoms with Crippen molar-refractivity contribution in [3.8, 4) is 17.2 Å². The summed E-state index contributed by atoms with van der Waals surface area (Å²) in [7, 11) is 0. The molecule has 0 radical (unpaired) electrons. The Kier molecular flexibility index (Phi) is 15.8. The molecule has 0 saturated carbocycles. The molecule has 2 aromatic rings. The van der Waals surface area contributed by atoms with Crippen molar-refractivity contribution in [2.45, 2.75) is 38.5 Å². The molecule has 0 amide bonds. The second kappa shape index (κ2) is 16.5. The van der Waals surface area contributed by atoms with Crippen LogP contribution in [-0.2, 0) is 12.8 Å². The fourth-order valence-corrected chi connectivity index (χ4v) is 2.96. The summed E-state index contributed by atoms with van der Waals surface area (Å²) in [4.78, 5) is 0.